The van der Waals surface area contributed by atoms with Gasteiger partial charge in [0, 0.05) is 11.0 Å². The zero-order valence-electron chi connectivity index (χ0n) is 10.9. The monoisotopic (exact) mass is 282 g/mol. The van der Waals surface area contributed by atoms with E-state index in [2.05, 4.69) is 0 Å². The molecule has 19 heavy (non-hydrogen) atoms. The van der Waals surface area contributed by atoms with Gasteiger partial charge in [0.2, 0.25) is 0 Å². The van der Waals surface area contributed by atoms with Crippen LogP contribution < -0.4 is 0 Å². The van der Waals surface area contributed by atoms with Crippen LogP contribution in [0.15, 0.2) is 17.0 Å². The number of hydrogen-bond acceptors (Lipinski definition) is 4. The molecule has 0 amide bonds. The SMILES string of the molecule is Cc1c(C(=O)O)ccc2c1C(=O)C(C)(C)CS2(=O)=O. The van der Waals surface area contributed by atoms with Crippen molar-refractivity contribution in [3.63, 3.8) is 0 Å². The van der Waals surface area contributed by atoms with Gasteiger partial charge in [0.1, 0.15) is 0 Å². The summed E-state index contributed by atoms with van der Waals surface area (Å²) in [6, 6.07) is 2.45. The lowest BCUT2D eigenvalue weighted by Gasteiger charge is -2.30. The van der Waals surface area contributed by atoms with Crippen LogP contribution in [0.4, 0.5) is 0 Å². The molecule has 6 heteroatoms. The third kappa shape index (κ3) is 1.96. The summed E-state index contributed by atoms with van der Waals surface area (Å²) < 4.78 is 24.3. The Kier molecular flexibility index (Phi) is 2.82. The minimum Gasteiger partial charge on any atom is -0.478 e. The molecular formula is C13H14O5S. The molecule has 0 radical (unpaired) electrons. The fourth-order valence-corrected chi connectivity index (χ4v) is 4.49. The van der Waals surface area contributed by atoms with Crippen LogP contribution in [0.5, 0.6) is 0 Å². The van der Waals surface area contributed by atoms with Crippen LogP contribution >= 0.6 is 0 Å². The molecule has 5 nitrogen and oxygen atoms in total. The maximum absolute atomic E-state index is 12.4. The first-order chi connectivity index (χ1) is 8.58. The number of carboxylic acid groups (broad SMARTS) is 1. The third-order valence-electron chi connectivity index (χ3n) is 3.38. The van der Waals surface area contributed by atoms with E-state index in [0.717, 1.165) is 0 Å². The average Bonchev–Trinajstić information content (AvgIpc) is 2.24. The third-order valence-corrected chi connectivity index (χ3v) is 5.50. The van der Waals surface area contributed by atoms with Crippen molar-refractivity contribution in [3.05, 3.63) is 28.8 Å². The molecule has 2 rings (SSSR count). The van der Waals surface area contributed by atoms with Crippen LogP contribution in [-0.4, -0.2) is 31.0 Å². The standard InChI is InChI=1S/C13H14O5S/c1-7-8(12(15)16)4-5-9-10(7)11(14)13(2,3)6-19(9,17)18/h4-5H,6H2,1-3H3,(H,15,16). The Morgan fingerprint density at radius 1 is 1.32 bits per heavy atom. The summed E-state index contributed by atoms with van der Waals surface area (Å²) in [5.41, 5.74) is -0.837. The first kappa shape index (κ1) is 13.7. The Morgan fingerprint density at radius 3 is 2.42 bits per heavy atom. The molecule has 1 N–H and O–H groups in total. The predicted molar refractivity (Wildman–Crippen MR) is 68.3 cm³/mol. The lowest BCUT2D eigenvalue weighted by molar-refractivity contribution is 0.0696. The minimum atomic E-state index is -3.56. The van der Waals surface area contributed by atoms with Gasteiger partial charge in [-0.1, -0.05) is 13.8 Å². The molecule has 1 aromatic rings. The lowest BCUT2D eigenvalue weighted by atomic mass is 9.83. The number of carbonyl (C=O) groups excluding carboxylic acids is 1. The molecule has 0 bridgehead atoms. The fraction of sp³-hybridized carbons (Fsp3) is 0.385. The maximum atomic E-state index is 12.4. The van der Waals surface area contributed by atoms with Crippen LogP contribution in [0.3, 0.4) is 0 Å². The van der Waals surface area contributed by atoms with Gasteiger partial charge in [0.25, 0.3) is 0 Å². The molecule has 0 unspecified atom stereocenters. The highest BCUT2D eigenvalue weighted by Crippen LogP contribution is 2.37. The number of sulfone groups is 1. The van der Waals surface area contributed by atoms with E-state index in [0.29, 0.717) is 0 Å². The second-order valence-corrected chi connectivity index (χ2v) is 7.35. The fourth-order valence-electron chi connectivity index (χ4n) is 2.42. The lowest BCUT2D eigenvalue weighted by Crippen LogP contribution is -2.39. The topological polar surface area (TPSA) is 88.5 Å². The average molecular weight is 282 g/mol. The van der Waals surface area contributed by atoms with Gasteiger partial charge in [0.05, 0.1) is 16.2 Å². The van der Waals surface area contributed by atoms with Crippen LogP contribution in [0, 0.1) is 12.3 Å². The van der Waals surface area contributed by atoms with E-state index in [4.69, 9.17) is 5.11 Å². The van der Waals surface area contributed by atoms with Crippen LogP contribution in [0.25, 0.3) is 0 Å². The smallest absolute Gasteiger partial charge is 0.335 e. The Hall–Kier alpha value is -1.69. The number of carboxylic acids is 1. The van der Waals surface area contributed by atoms with Crippen molar-refractivity contribution < 1.29 is 23.1 Å². The minimum absolute atomic E-state index is 0.0242. The summed E-state index contributed by atoms with van der Waals surface area (Å²) in [4.78, 5) is 23.4. The highest BCUT2D eigenvalue weighted by molar-refractivity contribution is 7.91. The van der Waals surface area contributed by atoms with Crippen molar-refractivity contribution in [2.75, 3.05) is 5.75 Å². The van der Waals surface area contributed by atoms with Crippen molar-refractivity contribution >= 4 is 21.6 Å². The Balaban J connectivity index is 2.88. The molecule has 1 aliphatic heterocycles. The van der Waals surface area contributed by atoms with Crippen molar-refractivity contribution in [3.8, 4) is 0 Å². The number of ketones is 1. The van der Waals surface area contributed by atoms with Gasteiger partial charge in [-0.2, -0.15) is 0 Å². The van der Waals surface area contributed by atoms with Gasteiger partial charge >= 0.3 is 5.97 Å². The van der Waals surface area contributed by atoms with Crippen molar-refractivity contribution in [1.82, 2.24) is 0 Å². The van der Waals surface area contributed by atoms with E-state index in [9.17, 15) is 18.0 Å². The van der Waals surface area contributed by atoms with Crippen molar-refractivity contribution in [1.29, 1.82) is 0 Å². The number of rotatable bonds is 1. The molecule has 102 valence electrons. The summed E-state index contributed by atoms with van der Waals surface area (Å²) in [5, 5.41) is 9.05. The highest BCUT2D eigenvalue weighted by atomic mass is 32.2. The molecule has 0 aliphatic carbocycles. The maximum Gasteiger partial charge on any atom is 0.335 e. The first-order valence-electron chi connectivity index (χ1n) is 5.72. The zero-order valence-corrected chi connectivity index (χ0v) is 11.7. The predicted octanol–water partition coefficient (Wildman–Crippen LogP) is 1.69. The summed E-state index contributed by atoms with van der Waals surface area (Å²) >= 11 is 0. The second kappa shape index (κ2) is 3.90. The Morgan fingerprint density at radius 2 is 1.89 bits per heavy atom. The number of Topliss-reactive ketones (excluding diaryl/α,β-unsaturated/α-hetero) is 1. The van der Waals surface area contributed by atoms with Gasteiger partial charge in [0.15, 0.2) is 15.6 Å². The molecule has 0 saturated heterocycles. The van der Waals surface area contributed by atoms with Crippen LogP contribution in [-0.2, 0) is 9.84 Å². The number of benzene rings is 1. The van der Waals surface area contributed by atoms with Gasteiger partial charge in [-0.15, -0.1) is 0 Å². The normalized spacial score (nSPS) is 19.8. The molecule has 1 aromatic carbocycles. The van der Waals surface area contributed by atoms with Crippen LogP contribution in [0.1, 0.15) is 40.1 Å². The first-order valence-corrected chi connectivity index (χ1v) is 7.37. The van der Waals surface area contributed by atoms with E-state index >= 15 is 0 Å². The molecular weight excluding hydrogens is 268 g/mol. The number of carbonyl (C=O) groups is 2. The van der Waals surface area contributed by atoms with Gasteiger partial charge in [-0.3, -0.25) is 4.79 Å². The molecule has 0 fully saturated rings. The quantitative estimate of drug-likeness (QED) is 0.846. The van der Waals surface area contributed by atoms with E-state index in [1.54, 1.807) is 13.8 Å². The summed E-state index contributed by atoms with van der Waals surface area (Å²) in [6.45, 7) is 4.59. The molecule has 1 heterocycles. The van der Waals surface area contributed by atoms with Gasteiger partial charge in [-0.05, 0) is 24.6 Å². The number of aromatic carboxylic acids is 1. The summed E-state index contributed by atoms with van der Waals surface area (Å²) in [6.07, 6.45) is 0. The zero-order chi connectivity index (χ0) is 14.6. The van der Waals surface area contributed by atoms with Gasteiger partial charge < -0.3 is 5.11 Å². The Labute approximate surface area is 111 Å². The number of hydrogen-bond donors (Lipinski definition) is 1. The number of fused-ring (bicyclic) bond motifs is 1. The van der Waals surface area contributed by atoms with E-state index < -0.39 is 21.2 Å². The van der Waals surface area contributed by atoms with E-state index in [1.165, 1.54) is 19.1 Å². The van der Waals surface area contributed by atoms with Crippen molar-refractivity contribution in [2.24, 2.45) is 5.41 Å². The van der Waals surface area contributed by atoms with Gasteiger partial charge in [-0.25, -0.2) is 13.2 Å². The molecule has 1 aliphatic rings. The molecule has 0 saturated carbocycles. The Bertz CT molecular complexity index is 698. The summed E-state index contributed by atoms with van der Waals surface area (Å²) in [7, 11) is -3.56. The van der Waals surface area contributed by atoms with E-state index in [1.807, 2.05) is 0 Å². The molecule has 0 atom stereocenters. The highest BCUT2D eigenvalue weighted by Gasteiger charge is 2.43. The molecule has 0 spiro atoms. The molecule has 0 aromatic heterocycles. The van der Waals surface area contributed by atoms with E-state index in [-0.39, 0.29) is 33.1 Å². The second-order valence-electron chi connectivity index (χ2n) is 5.39. The van der Waals surface area contributed by atoms with Crippen LogP contribution in [0.2, 0.25) is 0 Å². The largest absolute Gasteiger partial charge is 0.478 e. The summed E-state index contributed by atoms with van der Waals surface area (Å²) in [5.74, 6) is -1.75. The van der Waals surface area contributed by atoms with Crippen molar-refractivity contribution in [2.45, 2.75) is 25.7 Å².